The van der Waals surface area contributed by atoms with Crippen molar-refractivity contribution in [2.75, 3.05) is 14.2 Å². The van der Waals surface area contributed by atoms with Crippen LogP contribution >= 0.6 is 11.6 Å². The maximum atomic E-state index is 14.0. The highest BCUT2D eigenvalue weighted by Gasteiger charge is 2.45. The summed E-state index contributed by atoms with van der Waals surface area (Å²) in [6.45, 7) is 2.37. The molecule has 1 rings (SSSR count). The van der Waals surface area contributed by atoms with E-state index < -0.39 is 39.7 Å². The van der Waals surface area contributed by atoms with Crippen LogP contribution in [0.15, 0.2) is 24.2 Å². The van der Waals surface area contributed by atoms with Crippen molar-refractivity contribution in [1.82, 2.24) is 0 Å². The van der Waals surface area contributed by atoms with Gasteiger partial charge in [0, 0.05) is 6.07 Å². The van der Waals surface area contributed by atoms with Gasteiger partial charge in [-0.3, -0.25) is 19.7 Å². The SMILES string of the molecule is COC=C(F)C(=O)C(C)(C)C(OC=O)c1cc(C(=O)OC)c(Cl)cc1[N+](=O)[O-]. The zero-order chi connectivity index (χ0) is 21.6. The second-order valence-electron chi connectivity index (χ2n) is 6.00. The molecule has 0 spiro atoms. The van der Waals surface area contributed by atoms with E-state index in [4.69, 9.17) is 16.3 Å². The van der Waals surface area contributed by atoms with E-state index >= 15 is 0 Å². The van der Waals surface area contributed by atoms with Gasteiger partial charge in [0.1, 0.15) is 12.4 Å². The van der Waals surface area contributed by atoms with Gasteiger partial charge in [-0.1, -0.05) is 11.6 Å². The summed E-state index contributed by atoms with van der Waals surface area (Å²) in [5.74, 6) is -3.36. The fourth-order valence-corrected chi connectivity index (χ4v) is 2.72. The lowest BCUT2D eigenvalue weighted by atomic mass is 9.77. The molecule has 1 unspecified atom stereocenters. The second kappa shape index (κ2) is 9.27. The zero-order valence-corrected chi connectivity index (χ0v) is 16.1. The van der Waals surface area contributed by atoms with Crippen LogP contribution in [0.5, 0.6) is 0 Å². The Morgan fingerprint density at radius 2 is 1.93 bits per heavy atom. The zero-order valence-electron chi connectivity index (χ0n) is 15.4. The van der Waals surface area contributed by atoms with Gasteiger partial charge >= 0.3 is 5.97 Å². The summed E-state index contributed by atoms with van der Waals surface area (Å²) in [5, 5.41) is 11.2. The van der Waals surface area contributed by atoms with Gasteiger partial charge in [-0.2, -0.15) is 4.39 Å². The average molecular weight is 418 g/mol. The number of allylic oxidation sites excluding steroid dienone is 1. The van der Waals surface area contributed by atoms with Gasteiger partial charge < -0.3 is 14.2 Å². The number of halogens is 2. The number of ether oxygens (including phenoxy) is 3. The normalized spacial score (nSPS) is 12.7. The van der Waals surface area contributed by atoms with Crippen molar-refractivity contribution >= 4 is 35.5 Å². The summed E-state index contributed by atoms with van der Waals surface area (Å²) in [4.78, 5) is 46.0. The monoisotopic (exact) mass is 417 g/mol. The van der Waals surface area contributed by atoms with E-state index in [1.54, 1.807) is 0 Å². The molecule has 1 aromatic carbocycles. The molecule has 0 saturated heterocycles. The van der Waals surface area contributed by atoms with E-state index in [9.17, 15) is 28.9 Å². The van der Waals surface area contributed by atoms with E-state index in [2.05, 4.69) is 9.47 Å². The number of esters is 1. The maximum Gasteiger partial charge on any atom is 0.339 e. The molecule has 1 aromatic rings. The predicted octanol–water partition coefficient (Wildman–Crippen LogP) is 3.30. The minimum Gasteiger partial charge on any atom is -0.501 e. The number of nitro benzene ring substituents is 1. The number of nitro groups is 1. The number of methoxy groups -OCH3 is 2. The van der Waals surface area contributed by atoms with Crippen LogP contribution in [-0.2, 0) is 23.8 Å². The summed E-state index contributed by atoms with van der Waals surface area (Å²) in [5.41, 5.74) is -3.06. The first-order valence-corrected chi connectivity index (χ1v) is 7.99. The molecule has 0 bridgehead atoms. The molecule has 1 atom stereocenters. The van der Waals surface area contributed by atoms with Gasteiger partial charge in [0.2, 0.25) is 11.6 Å². The number of hydrogen-bond donors (Lipinski definition) is 0. The molecule has 0 N–H and O–H groups in total. The summed E-state index contributed by atoms with van der Waals surface area (Å²) in [7, 11) is 2.18. The summed E-state index contributed by atoms with van der Waals surface area (Å²) >= 11 is 5.90. The molecule has 0 aliphatic carbocycles. The first-order valence-electron chi connectivity index (χ1n) is 7.61. The minimum atomic E-state index is -1.81. The van der Waals surface area contributed by atoms with Crippen LogP contribution in [0.3, 0.4) is 0 Å². The minimum absolute atomic E-state index is 0.0478. The van der Waals surface area contributed by atoms with Crippen LogP contribution in [-0.4, -0.2) is 37.4 Å². The highest BCUT2D eigenvalue weighted by atomic mass is 35.5. The number of benzene rings is 1. The Balaban J connectivity index is 3.74. The lowest BCUT2D eigenvalue weighted by Crippen LogP contribution is -2.34. The molecule has 9 nitrogen and oxygen atoms in total. The van der Waals surface area contributed by atoms with Gasteiger partial charge in [-0.25, -0.2) is 4.79 Å². The molecule has 152 valence electrons. The molecular formula is C17H17ClFNO8. The molecule has 11 heteroatoms. The van der Waals surface area contributed by atoms with Gasteiger partial charge in [0.05, 0.1) is 40.7 Å². The van der Waals surface area contributed by atoms with Crippen LogP contribution in [0.2, 0.25) is 5.02 Å². The number of carbonyl (C=O) groups excluding carboxylic acids is 3. The Hall–Kier alpha value is -3.01. The quantitative estimate of drug-likeness (QED) is 0.150. The lowest BCUT2D eigenvalue weighted by molar-refractivity contribution is -0.386. The number of ketones is 1. The molecule has 0 aliphatic rings. The summed E-state index contributed by atoms with van der Waals surface area (Å²) < 4.78 is 27.9. The first-order chi connectivity index (χ1) is 13.0. The lowest BCUT2D eigenvalue weighted by Gasteiger charge is -2.31. The molecule has 28 heavy (non-hydrogen) atoms. The van der Waals surface area contributed by atoms with Crippen molar-refractivity contribution in [3.05, 3.63) is 50.5 Å². The molecule has 0 fully saturated rings. The van der Waals surface area contributed by atoms with Crippen LogP contribution in [0, 0.1) is 15.5 Å². The number of rotatable bonds is 9. The molecule has 0 saturated carbocycles. The number of Topliss-reactive ketones (excluding diaryl/α,β-unsaturated/α-hetero) is 1. The molecule has 0 aromatic heterocycles. The third-order valence-electron chi connectivity index (χ3n) is 3.87. The standard InChI is InChI=1S/C17H17ClFNO8/c1-17(2,14(22)12(19)7-26-3)15(28-8-21)10-5-9(16(23)27-4)11(18)6-13(10)20(24)25/h5-8,15H,1-4H3. The van der Waals surface area contributed by atoms with Crippen molar-refractivity contribution in [2.45, 2.75) is 20.0 Å². The number of hydrogen-bond acceptors (Lipinski definition) is 8. The average Bonchev–Trinajstić information content (AvgIpc) is 2.64. The Morgan fingerprint density at radius 3 is 2.39 bits per heavy atom. The summed E-state index contributed by atoms with van der Waals surface area (Å²) in [6.07, 6.45) is -1.09. The second-order valence-corrected chi connectivity index (χ2v) is 6.41. The fourth-order valence-electron chi connectivity index (χ4n) is 2.49. The van der Waals surface area contributed by atoms with E-state index in [0.29, 0.717) is 6.26 Å². The van der Waals surface area contributed by atoms with Crippen molar-refractivity contribution in [1.29, 1.82) is 0 Å². The molecule has 0 amide bonds. The molecule has 0 heterocycles. The largest absolute Gasteiger partial charge is 0.501 e. The van der Waals surface area contributed by atoms with Crippen molar-refractivity contribution in [3.63, 3.8) is 0 Å². The first kappa shape index (κ1) is 23.0. The van der Waals surface area contributed by atoms with Gasteiger partial charge in [-0.05, 0) is 19.9 Å². The van der Waals surface area contributed by atoms with Crippen molar-refractivity contribution in [3.8, 4) is 0 Å². The number of carbonyl (C=O) groups is 3. The van der Waals surface area contributed by atoms with Gasteiger partial charge in [0.25, 0.3) is 12.2 Å². The van der Waals surface area contributed by atoms with E-state index in [-0.39, 0.29) is 22.6 Å². The third kappa shape index (κ3) is 4.63. The highest BCUT2D eigenvalue weighted by Crippen LogP contribution is 2.44. The topological polar surface area (TPSA) is 122 Å². The van der Waals surface area contributed by atoms with Crippen LogP contribution in [0.4, 0.5) is 10.1 Å². The summed E-state index contributed by atoms with van der Waals surface area (Å²) in [6, 6.07) is 1.82. The Kier molecular flexibility index (Phi) is 7.62. The Labute approximate surface area is 164 Å². The Morgan fingerprint density at radius 1 is 1.32 bits per heavy atom. The fraction of sp³-hybridized carbons (Fsp3) is 0.353. The number of nitrogens with zero attached hydrogens (tertiary/aromatic N) is 1. The molecule has 0 radical (unpaired) electrons. The van der Waals surface area contributed by atoms with E-state index in [1.807, 2.05) is 0 Å². The van der Waals surface area contributed by atoms with Crippen molar-refractivity contribution in [2.24, 2.45) is 5.41 Å². The highest BCUT2D eigenvalue weighted by molar-refractivity contribution is 6.33. The Bertz CT molecular complexity index is 837. The third-order valence-corrected chi connectivity index (χ3v) is 4.18. The smallest absolute Gasteiger partial charge is 0.339 e. The maximum absolute atomic E-state index is 14.0. The van der Waals surface area contributed by atoms with Crippen LogP contribution in [0.25, 0.3) is 0 Å². The van der Waals surface area contributed by atoms with Crippen LogP contribution in [0.1, 0.15) is 35.9 Å². The molecular weight excluding hydrogens is 401 g/mol. The van der Waals surface area contributed by atoms with Crippen molar-refractivity contribution < 1.29 is 37.9 Å². The van der Waals surface area contributed by atoms with Gasteiger partial charge in [-0.15, -0.1) is 0 Å². The molecule has 0 aliphatic heterocycles. The van der Waals surface area contributed by atoms with E-state index in [0.717, 1.165) is 26.4 Å². The van der Waals surface area contributed by atoms with Gasteiger partial charge in [0.15, 0.2) is 0 Å². The van der Waals surface area contributed by atoms with E-state index in [1.165, 1.54) is 13.8 Å². The predicted molar refractivity (Wildman–Crippen MR) is 94.3 cm³/mol. The van der Waals surface area contributed by atoms with Crippen LogP contribution < -0.4 is 0 Å².